The van der Waals surface area contributed by atoms with Gasteiger partial charge in [0.1, 0.15) is 42.9 Å². The molecule has 3 aromatic rings. The molecule has 1 fully saturated rings. The lowest BCUT2D eigenvalue weighted by Gasteiger charge is -2.28. The summed E-state index contributed by atoms with van der Waals surface area (Å²) in [4.78, 5) is 97.8. The molecule has 8 N–H and O–H groups in total. The van der Waals surface area contributed by atoms with Gasteiger partial charge in [-0.25, -0.2) is 17.9 Å². The van der Waals surface area contributed by atoms with Crippen LogP contribution in [0.5, 0.6) is 0 Å². The van der Waals surface area contributed by atoms with Gasteiger partial charge in [0, 0.05) is 19.5 Å². The molecular formula is C46H61N9O11S. The highest BCUT2D eigenvalue weighted by atomic mass is 32.2. The first kappa shape index (κ1) is 52.6. The highest BCUT2D eigenvalue weighted by Gasteiger charge is 2.37. The van der Waals surface area contributed by atoms with Crippen molar-refractivity contribution in [2.75, 3.05) is 26.2 Å². The Morgan fingerprint density at radius 2 is 1.45 bits per heavy atom. The van der Waals surface area contributed by atoms with E-state index < -0.39 is 100 Å². The maximum absolute atomic E-state index is 13.8. The number of hydrogen-bond acceptors (Lipinski definition) is 12. The van der Waals surface area contributed by atoms with E-state index in [1.54, 1.807) is 94.4 Å². The number of likely N-dealkylation sites (tertiary alicyclic amines) is 1. The number of rotatable bonds is 21. The summed E-state index contributed by atoms with van der Waals surface area (Å²) in [6.45, 7) is 7.43. The highest BCUT2D eigenvalue weighted by Crippen LogP contribution is 2.21. The summed E-state index contributed by atoms with van der Waals surface area (Å²) in [5.41, 5.74) is 7.39. The lowest BCUT2D eigenvalue weighted by molar-refractivity contribution is -0.145. The zero-order valence-corrected chi connectivity index (χ0v) is 39.2. The van der Waals surface area contributed by atoms with Crippen molar-refractivity contribution in [3.05, 3.63) is 102 Å². The molecule has 362 valence electrons. The summed E-state index contributed by atoms with van der Waals surface area (Å²) < 4.78 is 38.4. The van der Waals surface area contributed by atoms with E-state index in [9.17, 15) is 42.0 Å². The van der Waals surface area contributed by atoms with E-state index >= 15 is 0 Å². The first-order valence-electron chi connectivity index (χ1n) is 21.8. The molecule has 4 atom stereocenters. The number of hydrogen-bond donors (Lipinski definition) is 7. The number of sulfonamides is 1. The highest BCUT2D eigenvalue weighted by molar-refractivity contribution is 7.90. The second-order valence-corrected chi connectivity index (χ2v) is 18.5. The van der Waals surface area contributed by atoms with Gasteiger partial charge in [-0.3, -0.25) is 38.7 Å². The fourth-order valence-electron chi connectivity index (χ4n) is 6.63. The summed E-state index contributed by atoms with van der Waals surface area (Å²) in [5.74, 6) is -4.75. The summed E-state index contributed by atoms with van der Waals surface area (Å²) in [7, 11) is -4.04. The number of aryl methyl sites for hydroxylation is 1. The zero-order valence-electron chi connectivity index (χ0n) is 38.3. The normalized spacial score (nSPS) is 15.2. The van der Waals surface area contributed by atoms with Crippen LogP contribution in [0.2, 0.25) is 0 Å². The molecular weight excluding hydrogens is 887 g/mol. The molecule has 20 nitrogen and oxygen atoms in total. The van der Waals surface area contributed by atoms with Gasteiger partial charge < -0.3 is 41.8 Å². The fourth-order valence-corrected chi connectivity index (χ4v) is 7.58. The maximum atomic E-state index is 13.8. The van der Waals surface area contributed by atoms with Crippen molar-refractivity contribution in [2.45, 2.75) is 108 Å². The van der Waals surface area contributed by atoms with Crippen molar-refractivity contribution in [3.8, 4) is 0 Å². The quantitative estimate of drug-likeness (QED) is 0.0346. The largest absolute Gasteiger partial charge is 0.460 e. The molecule has 0 aliphatic carbocycles. The Morgan fingerprint density at radius 1 is 0.806 bits per heavy atom. The molecule has 0 unspecified atom stereocenters. The molecule has 1 aliphatic rings. The minimum Gasteiger partial charge on any atom is -0.460 e. The summed E-state index contributed by atoms with van der Waals surface area (Å²) in [5, 5.41) is 12.8. The summed E-state index contributed by atoms with van der Waals surface area (Å²) in [6, 6.07) is 19.2. The van der Waals surface area contributed by atoms with Gasteiger partial charge in [-0.1, -0.05) is 78.4 Å². The predicted molar refractivity (Wildman–Crippen MR) is 247 cm³/mol. The Balaban J connectivity index is 1.41. The van der Waals surface area contributed by atoms with Crippen LogP contribution in [0.25, 0.3) is 0 Å². The number of aliphatic imine (C=N–C) groups is 1. The van der Waals surface area contributed by atoms with Gasteiger partial charge in [0.2, 0.25) is 35.5 Å². The third-order valence-electron chi connectivity index (χ3n) is 10.1. The molecule has 3 aromatic carbocycles. The van der Waals surface area contributed by atoms with E-state index in [4.69, 9.17) is 15.2 Å². The SMILES string of the molecule is Cc1ccc(S(=O)(=O)NC(N)=NCCC[C@H](NC(=O)CNC(=O)[C@@H]2CCCN2C(=O)OC(C)(C)C)C(=O)N[C@@H](C)C(=O)N[C@@H](Cc2ccccc2)C(=O)NCC(=O)OCc2ccccc2)cc1. The van der Waals surface area contributed by atoms with Crippen LogP contribution in [-0.2, 0) is 61.3 Å². The first-order valence-corrected chi connectivity index (χ1v) is 23.3. The van der Waals surface area contributed by atoms with E-state index in [1.165, 1.54) is 24.0 Å². The van der Waals surface area contributed by atoms with Crippen molar-refractivity contribution in [2.24, 2.45) is 10.7 Å². The van der Waals surface area contributed by atoms with Gasteiger partial charge in [0.05, 0.1) is 11.4 Å². The van der Waals surface area contributed by atoms with Crippen molar-refractivity contribution in [1.82, 2.24) is 36.2 Å². The predicted octanol–water partition coefficient (Wildman–Crippen LogP) is 1.46. The molecule has 0 aromatic heterocycles. The van der Waals surface area contributed by atoms with Crippen LogP contribution in [0.15, 0.2) is 94.8 Å². The van der Waals surface area contributed by atoms with Gasteiger partial charge in [-0.05, 0) is 83.6 Å². The number of esters is 1. The third kappa shape index (κ3) is 18.1. The van der Waals surface area contributed by atoms with Crippen LogP contribution in [-0.4, -0.2) is 117 Å². The van der Waals surface area contributed by atoms with Crippen LogP contribution < -0.4 is 37.0 Å². The Hall–Kier alpha value is -7.03. The number of ether oxygens (including phenoxy) is 2. The molecule has 1 heterocycles. The van der Waals surface area contributed by atoms with Crippen molar-refractivity contribution in [3.63, 3.8) is 0 Å². The second-order valence-electron chi connectivity index (χ2n) is 16.8. The summed E-state index contributed by atoms with van der Waals surface area (Å²) >= 11 is 0. The molecule has 4 rings (SSSR count). The molecule has 6 amide bonds. The van der Waals surface area contributed by atoms with E-state index in [0.717, 1.165) is 11.1 Å². The number of amides is 6. The number of carbonyl (C=O) groups excluding carboxylic acids is 7. The molecule has 0 bridgehead atoms. The number of guanidine groups is 1. The standard InChI is InChI=1S/C46H61N9O11S/c1-30-20-22-34(23-21-30)67(63,64)54-44(47)48-24-12-18-35(52-38(56)27-49-43(61)37-19-13-25-55(37)45(62)66-46(3,4)5)42(60)51-31(2)40(58)53-36(26-32-14-8-6-9-15-32)41(59)50-28-39(57)65-29-33-16-10-7-11-17-33/h6-11,14-17,20-23,31,35-37H,12-13,18-19,24-29H2,1-5H3,(H,49,61)(H,50,59)(H,51,60)(H,52,56)(H,53,58)(H3,47,48,54)/t31-,35-,36-,37-/m0/s1. The van der Waals surface area contributed by atoms with E-state index in [1.807, 2.05) is 6.07 Å². The van der Waals surface area contributed by atoms with Crippen LogP contribution in [0.4, 0.5) is 4.79 Å². The van der Waals surface area contributed by atoms with Crippen LogP contribution in [0.3, 0.4) is 0 Å². The van der Waals surface area contributed by atoms with Crippen LogP contribution >= 0.6 is 0 Å². The molecule has 0 spiro atoms. The average molecular weight is 948 g/mol. The minimum absolute atomic E-state index is 0.000582. The molecule has 21 heteroatoms. The van der Waals surface area contributed by atoms with E-state index in [-0.39, 0.29) is 43.9 Å². The molecule has 1 saturated heterocycles. The molecule has 0 radical (unpaired) electrons. The Morgan fingerprint density at radius 3 is 2.09 bits per heavy atom. The molecule has 67 heavy (non-hydrogen) atoms. The Kier molecular flexibility index (Phi) is 19.7. The van der Waals surface area contributed by atoms with Gasteiger partial charge >= 0.3 is 12.1 Å². The third-order valence-corrected chi connectivity index (χ3v) is 11.4. The number of nitrogens with two attached hydrogens (primary N) is 1. The number of carbonyl (C=O) groups is 7. The smallest absolute Gasteiger partial charge is 0.410 e. The van der Waals surface area contributed by atoms with Gasteiger partial charge in [0.15, 0.2) is 0 Å². The fraction of sp³-hybridized carbons (Fsp3) is 0.435. The topological polar surface area (TPSA) is 286 Å². The second kappa shape index (κ2) is 25.0. The van der Waals surface area contributed by atoms with Crippen LogP contribution in [0, 0.1) is 6.92 Å². The van der Waals surface area contributed by atoms with Gasteiger partial charge in [0.25, 0.3) is 10.0 Å². The van der Waals surface area contributed by atoms with E-state index in [0.29, 0.717) is 18.4 Å². The lowest BCUT2D eigenvalue weighted by Crippen LogP contribution is -2.57. The monoisotopic (exact) mass is 947 g/mol. The molecule has 1 aliphatic heterocycles. The zero-order chi connectivity index (χ0) is 49.1. The van der Waals surface area contributed by atoms with Crippen LogP contribution in [0.1, 0.15) is 70.1 Å². The average Bonchev–Trinajstić information content (AvgIpc) is 3.78. The van der Waals surface area contributed by atoms with Gasteiger partial charge in [-0.15, -0.1) is 0 Å². The number of benzene rings is 3. The maximum Gasteiger partial charge on any atom is 0.410 e. The Labute approximate surface area is 390 Å². The van der Waals surface area contributed by atoms with Crippen molar-refractivity contribution in [1.29, 1.82) is 0 Å². The van der Waals surface area contributed by atoms with Crippen molar-refractivity contribution >= 4 is 57.6 Å². The number of nitrogens with one attached hydrogen (secondary N) is 6. The number of nitrogens with zero attached hydrogens (tertiary/aromatic N) is 2. The lowest BCUT2D eigenvalue weighted by atomic mass is 10.0. The van der Waals surface area contributed by atoms with E-state index in [2.05, 4.69) is 36.3 Å². The Bertz CT molecular complexity index is 2330. The first-order chi connectivity index (χ1) is 31.7. The minimum atomic E-state index is -4.04. The molecule has 0 saturated carbocycles. The summed E-state index contributed by atoms with van der Waals surface area (Å²) in [6.07, 6.45) is 0.247. The van der Waals surface area contributed by atoms with Gasteiger partial charge in [-0.2, -0.15) is 0 Å². The van der Waals surface area contributed by atoms with Crippen molar-refractivity contribution < 1.29 is 51.5 Å².